The van der Waals surface area contributed by atoms with E-state index in [2.05, 4.69) is 21.6 Å². The predicted molar refractivity (Wildman–Crippen MR) is 101 cm³/mol. The van der Waals surface area contributed by atoms with Gasteiger partial charge in [-0.1, -0.05) is 25.6 Å². The first-order chi connectivity index (χ1) is 12.8. The largest absolute Gasteiger partial charge is 0.497 e. The van der Waals surface area contributed by atoms with Crippen LogP contribution in [0.25, 0.3) is 11.5 Å². The Bertz CT molecular complexity index is 824. The maximum absolute atomic E-state index is 12.1. The maximum Gasteiger partial charge on any atom is 0.277 e. The van der Waals surface area contributed by atoms with Gasteiger partial charge in [0.2, 0.25) is 11.8 Å². The van der Waals surface area contributed by atoms with Crippen molar-refractivity contribution in [2.75, 3.05) is 20.0 Å². The molecule has 2 aromatic rings. The lowest BCUT2D eigenvalue weighted by Gasteiger charge is -2.27. The van der Waals surface area contributed by atoms with Gasteiger partial charge in [0.25, 0.3) is 5.22 Å². The van der Waals surface area contributed by atoms with Crippen molar-refractivity contribution in [1.82, 2.24) is 15.5 Å². The highest BCUT2D eigenvalue weighted by Gasteiger charge is 2.30. The van der Waals surface area contributed by atoms with Crippen LogP contribution in [0.15, 0.2) is 27.8 Å². The SMILES string of the molecule is COc1cc(OC)cc(-c2nnc(SCC(=O)N[C@@](C)(C#N)C(C)C)o2)c1. The highest BCUT2D eigenvalue weighted by molar-refractivity contribution is 7.99. The molecule has 1 N–H and O–H groups in total. The Balaban J connectivity index is 2.05. The summed E-state index contributed by atoms with van der Waals surface area (Å²) < 4.78 is 16.1. The summed E-state index contributed by atoms with van der Waals surface area (Å²) in [5.74, 6) is 1.25. The zero-order valence-electron chi connectivity index (χ0n) is 15.9. The molecule has 1 amide bonds. The van der Waals surface area contributed by atoms with Crippen molar-refractivity contribution in [3.8, 4) is 29.0 Å². The van der Waals surface area contributed by atoms with E-state index in [-0.39, 0.29) is 22.8 Å². The number of thioether (sulfide) groups is 1. The van der Waals surface area contributed by atoms with Crippen molar-refractivity contribution in [1.29, 1.82) is 5.26 Å². The van der Waals surface area contributed by atoms with Gasteiger partial charge in [-0.15, -0.1) is 10.2 Å². The molecule has 0 saturated carbocycles. The molecule has 1 atom stereocenters. The fraction of sp³-hybridized carbons (Fsp3) is 0.444. The summed E-state index contributed by atoms with van der Waals surface area (Å²) in [5, 5.41) is 20.2. The number of nitrogens with zero attached hydrogens (tertiary/aromatic N) is 3. The highest BCUT2D eigenvalue weighted by atomic mass is 32.2. The average Bonchev–Trinajstić information content (AvgIpc) is 3.14. The van der Waals surface area contributed by atoms with Crippen LogP contribution >= 0.6 is 11.8 Å². The van der Waals surface area contributed by atoms with Gasteiger partial charge in [-0.25, -0.2) is 0 Å². The third-order valence-corrected chi connectivity index (χ3v) is 4.94. The van der Waals surface area contributed by atoms with Crippen LogP contribution in [0.4, 0.5) is 0 Å². The molecule has 27 heavy (non-hydrogen) atoms. The second-order valence-electron chi connectivity index (χ2n) is 6.28. The molecule has 0 saturated heterocycles. The summed E-state index contributed by atoms with van der Waals surface area (Å²) in [6, 6.07) is 7.37. The molecule has 8 nitrogen and oxygen atoms in total. The van der Waals surface area contributed by atoms with Crippen molar-refractivity contribution in [2.45, 2.75) is 31.5 Å². The first kappa shape index (κ1) is 20.6. The quantitative estimate of drug-likeness (QED) is 0.685. The number of rotatable bonds is 8. The smallest absolute Gasteiger partial charge is 0.277 e. The highest BCUT2D eigenvalue weighted by Crippen LogP contribution is 2.30. The summed E-state index contributed by atoms with van der Waals surface area (Å²) in [6.45, 7) is 5.45. The number of nitrogens with one attached hydrogen (secondary N) is 1. The van der Waals surface area contributed by atoms with Crippen molar-refractivity contribution >= 4 is 17.7 Å². The van der Waals surface area contributed by atoms with E-state index < -0.39 is 5.54 Å². The fourth-order valence-electron chi connectivity index (χ4n) is 2.07. The first-order valence-electron chi connectivity index (χ1n) is 8.23. The number of carbonyl (C=O) groups is 1. The van der Waals surface area contributed by atoms with Gasteiger partial charge >= 0.3 is 0 Å². The Morgan fingerprint density at radius 3 is 2.44 bits per heavy atom. The standard InChI is InChI=1S/C18H22N4O4S/c1-11(2)18(3,10-19)20-15(23)9-27-17-22-21-16(26-17)12-6-13(24-4)8-14(7-12)25-5/h6-8,11H,9H2,1-5H3,(H,20,23)/t18-/m0/s1. The number of aromatic nitrogens is 2. The van der Waals surface area contributed by atoms with Crippen LogP contribution < -0.4 is 14.8 Å². The topological polar surface area (TPSA) is 110 Å². The molecule has 9 heteroatoms. The number of ether oxygens (including phenoxy) is 2. The zero-order valence-corrected chi connectivity index (χ0v) is 16.7. The minimum Gasteiger partial charge on any atom is -0.497 e. The third-order valence-electron chi connectivity index (χ3n) is 4.12. The van der Waals surface area contributed by atoms with E-state index in [9.17, 15) is 10.1 Å². The predicted octanol–water partition coefficient (Wildman–Crippen LogP) is 2.90. The molecule has 0 unspecified atom stereocenters. The number of methoxy groups -OCH3 is 2. The van der Waals surface area contributed by atoms with E-state index in [1.165, 1.54) is 0 Å². The van der Waals surface area contributed by atoms with Gasteiger partial charge in [-0.2, -0.15) is 5.26 Å². The number of nitriles is 1. The van der Waals surface area contributed by atoms with Crippen LogP contribution in [0.2, 0.25) is 0 Å². The van der Waals surface area contributed by atoms with Gasteiger partial charge in [0.05, 0.1) is 26.0 Å². The number of carbonyl (C=O) groups excluding carboxylic acids is 1. The van der Waals surface area contributed by atoms with Crippen molar-refractivity contribution in [3.63, 3.8) is 0 Å². The molecular formula is C18H22N4O4S. The molecule has 0 aliphatic heterocycles. The van der Waals surface area contributed by atoms with Crippen molar-refractivity contribution in [3.05, 3.63) is 18.2 Å². The zero-order chi connectivity index (χ0) is 20.0. The van der Waals surface area contributed by atoms with E-state index in [4.69, 9.17) is 13.9 Å². The summed E-state index contributed by atoms with van der Waals surface area (Å²) >= 11 is 1.10. The van der Waals surface area contributed by atoms with E-state index in [1.54, 1.807) is 39.3 Å². The molecule has 1 heterocycles. The molecule has 0 radical (unpaired) electrons. The maximum atomic E-state index is 12.1. The summed E-state index contributed by atoms with van der Waals surface area (Å²) in [5.41, 5.74) is -0.277. The van der Waals surface area contributed by atoms with Crippen LogP contribution in [0.3, 0.4) is 0 Å². The van der Waals surface area contributed by atoms with E-state index in [0.717, 1.165) is 11.8 Å². The molecule has 1 aromatic carbocycles. The van der Waals surface area contributed by atoms with Crippen LogP contribution in [0.1, 0.15) is 20.8 Å². The Morgan fingerprint density at radius 2 is 1.93 bits per heavy atom. The Morgan fingerprint density at radius 1 is 1.30 bits per heavy atom. The summed E-state index contributed by atoms with van der Waals surface area (Å²) in [6.07, 6.45) is 0. The minimum atomic E-state index is -0.922. The Kier molecular flexibility index (Phi) is 6.69. The van der Waals surface area contributed by atoms with Crippen LogP contribution in [0.5, 0.6) is 11.5 Å². The van der Waals surface area contributed by atoms with Gasteiger partial charge in [0.1, 0.15) is 17.0 Å². The summed E-state index contributed by atoms with van der Waals surface area (Å²) in [4.78, 5) is 12.1. The van der Waals surface area contributed by atoms with Gasteiger partial charge in [-0.05, 0) is 25.0 Å². The number of benzene rings is 1. The molecule has 0 aliphatic carbocycles. The lowest BCUT2D eigenvalue weighted by atomic mass is 9.90. The van der Waals surface area contributed by atoms with Gasteiger partial charge < -0.3 is 19.2 Å². The monoisotopic (exact) mass is 390 g/mol. The van der Waals surface area contributed by atoms with E-state index >= 15 is 0 Å². The molecule has 1 aromatic heterocycles. The van der Waals surface area contributed by atoms with Crippen molar-refractivity contribution in [2.24, 2.45) is 5.92 Å². The van der Waals surface area contributed by atoms with Crippen LogP contribution in [-0.4, -0.2) is 41.6 Å². The number of amides is 1. The van der Waals surface area contributed by atoms with Gasteiger partial charge in [-0.3, -0.25) is 4.79 Å². The van der Waals surface area contributed by atoms with E-state index in [0.29, 0.717) is 23.0 Å². The number of hydrogen-bond acceptors (Lipinski definition) is 8. The molecular weight excluding hydrogens is 368 g/mol. The lowest BCUT2D eigenvalue weighted by molar-refractivity contribution is -0.120. The normalized spacial score (nSPS) is 12.9. The average molecular weight is 390 g/mol. The fourth-order valence-corrected chi connectivity index (χ4v) is 2.63. The van der Waals surface area contributed by atoms with Crippen LogP contribution in [-0.2, 0) is 4.79 Å². The molecule has 2 rings (SSSR count). The van der Waals surface area contributed by atoms with Gasteiger partial charge in [0.15, 0.2) is 0 Å². The van der Waals surface area contributed by atoms with E-state index in [1.807, 2.05) is 13.8 Å². The summed E-state index contributed by atoms with van der Waals surface area (Å²) in [7, 11) is 3.11. The van der Waals surface area contributed by atoms with Crippen LogP contribution in [0, 0.1) is 17.2 Å². The second kappa shape index (κ2) is 8.77. The lowest BCUT2D eigenvalue weighted by Crippen LogP contribution is -2.49. The third kappa shape index (κ3) is 5.14. The minimum absolute atomic E-state index is 0.0190. The first-order valence-corrected chi connectivity index (χ1v) is 9.22. The van der Waals surface area contributed by atoms with Crippen molar-refractivity contribution < 1.29 is 18.7 Å². The van der Waals surface area contributed by atoms with Gasteiger partial charge in [0, 0.05) is 11.6 Å². The Hall–Kier alpha value is -2.73. The molecule has 0 spiro atoms. The number of hydrogen-bond donors (Lipinski definition) is 1. The second-order valence-corrected chi connectivity index (χ2v) is 7.21. The molecule has 0 fully saturated rings. The molecule has 144 valence electrons. The molecule has 0 bridgehead atoms. The Labute approximate surface area is 162 Å². The molecule has 0 aliphatic rings.